The van der Waals surface area contributed by atoms with Crippen molar-refractivity contribution >= 4 is 23.2 Å². The minimum atomic E-state index is 0.0151. The summed E-state index contributed by atoms with van der Waals surface area (Å²) < 4.78 is 1.85. The molecule has 0 aliphatic carbocycles. The van der Waals surface area contributed by atoms with E-state index in [0.717, 1.165) is 35.1 Å². The molecule has 2 rings (SSSR count). The number of aryl methyl sites for hydroxylation is 2. The van der Waals surface area contributed by atoms with Crippen molar-refractivity contribution in [3.63, 3.8) is 0 Å². The summed E-state index contributed by atoms with van der Waals surface area (Å²) in [5, 5.41) is 9.29. The topological polar surface area (TPSA) is 42.7 Å². The standard InChI is InChI=1S/C15H20Cl2N4/c1-4-11-14(17)13(21(3)20-11)9-12(18-5-2)15-10(16)7-6-8-19-15/h6-8,12,18H,4-5,9H2,1-3H3. The molecule has 6 heteroatoms. The summed E-state index contributed by atoms with van der Waals surface area (Å²) in [6.45, 7) is 4.94. The lowest BCUT2D eigenvalue weighted by Crippen LogP contribution is -2.25. The Bertz CT molecular complexity index is 610. The van der Waals surface area contributed by atoms with Crippen LogP contribution in [0.3, 0.4) is 0 Å². The first kappa shape index (κ1) is 16.3. The zero-order chi connectivity index (χ0) is 15.4. The highest BCUT2D eigenvalue weighted by atomic mass is 35.5. The Morgan fingerprint density at radius 2 is 2.10 bits per heavy atom. The van der Waals surface area contributed by atoms with Gasteiger partial charge in [-0.3, -0.25) is 9.67 Å². The summed E-state index contributed by atoms with van der Waals surface area (Å²) in [6, 6.07) is 3.71. The van der Waals surface area contributed by atoms with Crippen LogP contribution in [-0.2, 0) is 19.9 Å². The molecule has 1 unspecified atom stereocenters. The second-order valence-electron chi connectivity index (χ2n) is 4.87. The van der Waals surface area contributed by atoms with Gasteiger partial charge in [-0.15, -0.1) is 0 Å². The van der Waals surface area contributed by atoms with E-state index in [1.807, 2.05) is 23.9 Å². The first-order valence-electron chi connectivity index (χ1n) is 7.12. The molecule has 0 aromatic carbocycles. The van der Waals surface area contributed by atoms with Gasteiger partial charge in [0.05, 0.1) is 33.2 Å². The Morgan fingerprint density at radius 1 is 1.33 bits per heavy atom. The minimum Gasteiger partial charge on any atom is -0.309 e. The monoisotopic (exact) mass is 326 g/mol. The van der Waals surface area contributed by atoms with Gasteiger partial charge in [-0.05, 0) is 25.1 Å². The van der Waals surface area contributed by atoms with E-state index in [2.05, 4.69) is 29.2 Å². The molecule has 0 spiro atoms. The smallest absolute Gasteiger partial charge is 0.0850 e. The van der Waals surface area contributed by atoms with Crippen molar-refractivity contribution in [2.75, 3.05) is 6.54 Å². The quantitative estimate of drug-likeness (QED) is 0.882. The third kappa shape index (κ3) is 3.57. The molecule has 0 fully saturated rings. The molecule has 4 nitrogen and oxygen atoms in total. The van der Waals surface area contributed by atoms with E-state index in [9.17, 15) is 0 Å². The number of halogens is 2. The Balaban J connectivity index is 2.33. The maximum atomic E-state index is 6.44. The molecule has 2 heterocycles. The predicted octanol–water partition coefficient (Wildman–Crippen LogP) is 3.58. The maximum absolute atomic E-state index is 6.44. The van der Waals surface area contributed by atoms with Crippen LogP contribution < -0.4 is 5.32 Å². The summed E-state index contributed by atoms with van der Waals surface area (Å²) in [7, 11) is 1.92. The second-order valence-corrected chi connectivity index (χ2v) is 5.65. The van der Waals surface area contributed by atoms with Crippen molar-refractivity contribution in [1.29, 1.82) is 0 Å². The minimum absolute atomic E-state index is 0.0151. The van der Waals surface area contributed by atoms with E-state index in [-0.39, 0.29) is 6.04 Å². The number of hydrogen-bond acceptors (Lipinski definition) is 3. The lowest BCUT2D eigenvalue weighted by molar-refractivity contribution is 0.517. The SMILES string of the molecule is CCNC(Cc1c(Cl)c(CC)nn1C)c1ncccc1Cl. The molecule has 0 saturated heterocycles. The van der Waals surface area contributed by atoms with Crippen LogP contribution in [0.15, 0.2) is 18.3 Å². The van der Waals surface area contributed by atoms with Gasteiger partial charge >= 0.3 is 0 Å². The number of rotatable bonds is 6. The fraction of sp³-hybridized carbons (Fsp3) is 0.467. The number of hydrogen-bond donors (Lipinski definition) is 1. The first-order valence-corrected chi connectivity index (χ1v) is 7.88. The molecular weight excluding hydrogens is 307 g/mol. The Hall–Kier alpha value is -1.10. The zero-order valence-electron chi connectivity index (χ0n) is 12.5. The number of nitrogens with zero attached hydrogens (tertiary/aromatic N) is 3. The molecular formula is C15H20Cl2N4. The van der Waals surface area contributed by atoms with E-state index in [1.165, 1.54) is 0 Å². The number of nitrogens with one attached hydrogen (secondary N) is 1. The summed E-state index contributed by atoms with van der Waals surface area (Å²) >= 11 is 12.7. The highest BCUT2D eigenvalue weighted by Crippen LogP contribution is 2.28. The van der Waals surface area contributed by atoms with E-state index in [1.54, 1.807) is 6.20 Å². The van der Waals surface area contributed by atoms with E-state index >= 15 is 0 Å². The Kier molecular flexibility index (Phi) is 5.62. The summed E-state index contributed by atoms with van der Waals surface area (Å²) in [5.41, 5.74) is 2.77. The Labute approximate surface area is 135 Å². The number of pyridine rings is 1. The van der Waals surface area contributed by atoms with E-state index in [0.29, 0.717) is 11.4 Å². The van der Waals surface area contributed by atoms with Crippen molar-refractivity contribution in [3.05, 3.63) is 45.5 Å². The van der Waals surface area contributed by atoms with E-state index < -0.39 is 0 Å². The molecule has 1 N–H and O–H groups in total. The van der Waals surface area contributed by atoms with Gasteiger partial charge in [0.25, 0.3) is 0 Å². The van der Waals surface area contributed by atoms with Crippen molar-refractivity contribution in [2.24, 2.45) is 7.05 Å². The van der Waals surface area contributed by atoms with Crippen LogP contribution in [-0.4, -0.2) is 21.3 Å². The highest BCUT2D eigenvalue weighted by Gasteiger charge is 2.21. The lowest BCUT2D eigenvalue weighted by Gasteiger charge is -2.18. The zero-order valence-corrected chi connectivity index (χ0v) is 14.0. The van der Waals surface area contributed by atoms with Gasteiger partial charge in [0, 0.05) is 19.7 Å². The molecule has 0 aliphatic heterocycles. The van der Waals surface area contributed by atoms with Crippen LogP contribution in [0.4, 0.5) is 0 Å². The normalized spacial score (nSPS) is 12.6. The van der Waals surface area contributed by atoms with Crippen LogP contribution in [0.5, 0.6) is 0 Å². The van der Waals surface area contributed by atoms with Crippen molar-refractivity contribution in [3.8, 4) is 0 Å². The maximum Gasteiger partial charge on any atom is 0.0850 e. The van der Waals surface area contributed by atoms with Gasteiger partial charge in [-0.2, -0.15) is 5.10 Å². The second kappa shape index (κ2) is 7.25. The number of likely N-dealkylation sites (N-methyl/N-ethyl adjacent to an activating group) is 1. The van der Waals surface area contributed by atoms with Crippen LogP contribution in [0.1, 0.15) is 37.0 Å². The van der Waals surface area contributed by atoms with Crippen molar-refractivity contribution < 1.29 is 0 Å². The molecule has 21 heavy (non-hydrogen) atoms. The predicted molar refractivity (Wildman–Crippen MR) is 87.0 cm³/mol. The lowest BCUT2D eigenvalue weighted by atomic mass is 10.1. The molecule has 0 radical (unpaired) electrons. The van der Waals surface area contributed by atoms with Crippen LogP contribution in [0.25, 0.3) is 0 Å². The number of aromatic nitrogens is 3. The van der Waals surface area contributed by atoms with Crippen LogP contribution in [0, 0.1) is 0 Å². The van der Waals surface area contributed by atoms with Crippen LogP contribution in [0.2, 0.25) is 10.0 Å². The largest absolute Gasteiger partial charge is 0.309 e. The van der Waals surface area contributed by atoms with E-state index in [4.69, 9.17) is 23.2 Å². The fourth-order valence-corrected chi connectivity index (χ4v) is 3.03. The molecule has 114 valence electrons. The molecule has 0 aliphatic rings. The summed E-state index contributed by atoms with van der Waals surface area (Å²) in [6.07, 6.45) is 3.28. The third-order valence-corrected chi connectivity index (χ3v) is 4.22. The highest BCUT2D eigenvalue weighted by molar-refractivity contribution is 6.32. The van der Waals surface area contributed by atoms with Gasteiger partial charge in [-0.1, -0.05) is 37.0 Å². The molecule has 2 aromatic rings. The molecule has 0 amide bonds. The third-order valence-electron chi connectivity index (χ3n) is 3.47. The van der Waals surface area contributed by atoms with Crippen molar-refractivity contribution in [2.45, 2.75) is 32.7 Å². The fourth-order valence-electron chi connectivity index (χ4n) is 2.40. The first-order chi connectivity index (χ1) is 10.1. The van der Waals surface area contributed by atoms with Gasteiger partial charge in [0.1, 0.15) is 0 Å². The van der Waals surface area contributed by atoms with Gasteiger partial charge in [-0.25, -0.2) is 0 Å². The van der Waals surface area contributed by atoms with Crippen LogP contribution >= 0.6 is 23.2 Å². The molecule has 0 bridgehead atoms. The average Bonchev–Trinajstić information content (AvgIpc) is 2.74. The summed E-state index contributed by atoms with van der Waals surface area (Å²) in [5.74, 6) is 0. The van der Waals surface area contributed by atoms with Crippen molar-refractivity contribution in [1.82, 2.24) is 20.1 Å². The molecule has 0 saturated carbocycles. The van der Waals surface area contributed by atoms with Gasteiger partial charge < -0.3 is 5.32 Å². The molecule has 1 atom stereocenters. The Morgan fingerprint density at radius 3 is 2.67 bits per heavy atom. The average molecular weight is 327 g/mol. The van der Waals surface area contributed by atoms with Gasteiger partial charge in [0.2, 0.25) is 0 Å². The van der Waals surface area contributed by atoms with Gasteiger partial charge in [0.15, 0.2) is 0 Å². The summed E-state index contributed by atoms with van der Waals surface area (Å²) in [4.78, 5) is 4.41. The molecule has 2 aromatic heterocycles.